The SMILES string of the molecule is COc1cc2cc3c(nc2cc1OC)CCN3Cc1ccc(NC(=O)Nc2cc(Cl)cc(Cl)c2)cc1. The van der Waals surface area contributed by atoms with E-state index in [4.69, 9.17) is 37.7 Å². The molecule has 2 N–H and O–H groups in total. The fourth-order valence-corrected chi connectivity index (χ4v) is 4.87. The Morgan fingerprint density at radius 1 is 0.917 bits per heavy atom. The fourth-order valence-electron chi connectivity index (χ4n) is 4.35. The molecular weight excluding hydrogens is 499 g/mol. The van der Waals surface area contributed by atoms with Gasteiger partial charge in [0.1, 0.15) is 0 Å². The van der Waals surface area contributed by atoms with Crippen LogP contribution >= 0.6 is 23.2 Å². The van der Waals surface area contributed by atoms with Crippen LogP contribution in [0.5, 0.6) is 11.5 Å². The number of methoxy groups -OCH3 is 2. The van der Waals surface area contributed by atoms with Crippen LogP contribution in [0.25, 0.3) is 10.9 Å². The number of hydrogen-bond acceptors (Lipinski definition) is 5. The van der Waals surface area contributed by atoms with Gasteiger partial charge in [0.25, 0.3) is 0 Å². The van der Waals surface area contributed by atoms with Gasteiger partial charge >= 0.3 is 6.03 Å². The summed E-state index contributed by atoms with van der Waals surface area (Å²) in [5, 5.41) is 7.47. The second kappa shape index (κ2) is 10.1. The number of fused-ring (bicyclic) bond motifs is 2. The number of rotatable bonds is 6. The van der Waals surface area contributed by atoms with E-state index in [9.17, 15) is 4.79 Å². The van der Waals surface area contributed by atoms with Gasteiger partial charge in [-0.25, -0.2) is 4.79 Å². The van der Waals surface area contributed by atoms with Crippen molar-refractivity contribution in [2.75, 3.05) is 36.3 Å². The third-order valence-electron chi connectivity index (χ3n) is 6.04. The van der Waals surface area contributed by atoms with Crippen LogP contribution in [0.4, 0.5) is 21.9 Å². The van der Waals surface area contributed by atoms with Crippen LogP contribution in [0.2, 0.25) is 10.0 Å². The molecule has 2 heterocycles. The van der Waals surface area contributed by atoms with E-state index in [2.05, 4.69) is 21.6 Å². The number of aromatic nitrogens is 1. The Balaban J connectivity index is 1.27. The number of ether oxygens (including phenoxy) is 2. The fraction of sp³-hybridized carbons (Fsp3) is 0.185. The number of hydrogen-bond donors (Lipinski definition) is 2. The van der Waals surface area contributed by atoms with Crippen LogP contribution in [0.3, 0.4) is 0 Å². The lowest BCUT2D eigenvalue weighted by atomic mass is 10.1. The summed E-state index contributed by atoms with van der Waals surface area (Å²) in [5.41, 5.74) is 5.42. The highest BCUT2D eigenvalue weighted by atomic mass is 35.5. The highest BCUT2D eigenvalue weighted by Crippen LogP contribution is 2.36. The molecule has 7 nitrogen and oxygen atoms in total. The average molecular weight is 523 g/mol. The first-order valence-corrected chi connectivity index (χ1v) is 12.1. The van der Waals surface area contributed by atoms with Crippen LogP contribution in [0, 0.1) is 0 Å². The minimum atomic E-state index is -0.375. The van der Waals surface area contributed by atoms with Crippen molar-refractivity contribution >= 4 is 57.2 Å². The lowest BCUT2D eigenvalue weighted by Gasteiger charge is -2.20. The third kappa shape index (κ3) is 5.12. The smallest absolute Gasteiger partial charge is 0.323 e. The molecule has 0 radical (unpaired) electrons. The van der Waals surface area contributed by atoms with E-state index in [0.717, 1.165) is 47.4 Å². The van der Waals surface area contributed by atoms with E-state index >= 15 is 0 Å². The number of benzene rings is 3. The zero-order valence-corrected chi connectivity index (χ0v) is 21.3. The maximum absolute atomic E-state index is 12.4. The van der Waals surface area contributed by atoms with Crippen molar-refractivity contribution in [3.8, 4) is 11.5 Å². The van der Waals surface area contributed by atoms with Gasteiger partial charge in [-0.3, -0.25) is 4.98 Å². The molecule has 0 spiro atoms. The molecule has 36 heavy (non-hydrogen) atoms. The van der Waals surface area contributed by atoms with E-state index in [1.807, 2.05) is 36.4 Å². The number of urea groups is 1. The van der Waals surface area contributed by atoms with Crippen molar-refractivity contribution in [1.82, 2.24) is 4.98 Å². The molecule has 0 aliphatic carbocycles. The monoisotopic (exact) mass is 522 g/mol. The molecule has 5 rings (SSSR count). The summed E-state index contributed by atoms with van der Waals surface area (Å²) >= 11 is 12.0. The van der Waals surface area contributed by atoms with Crippen LogP contribution < -0.4 is 25.0 Å². The van der Waals surface area contributed by atoms with Gasteiger partial charge in [-0.15, -0.1) is 0 Å². The lowest BCUT2D eigenvalue weighted by molar-refractivity contribution is 0.262. The van der Waals surface area contributed by atoms with Gasteiger partial charge in [0, 0.05) is 52.4 Å². The summed E-state index contributed by atoms with van der Waals surface area (Å²) in [6.45, 7) is 1.62. The first-order chi connectivity index (χ1) is 17.4. The summed E-state index contributed by atoms with van der Waals surface area (Å²) in [5.74, 6) is 1.35. The van der Waals surface area contributed by atoms with E-state index < -0.39 is 0 Å². The van der Waals surface area contributed by atoms with E-state index in [1.165, 1.54) is 0 Å². The number of nitrogens with zero attached hydrogens (tertiary/aromatic N) is 2. The number of pyridine rings is 1. The lowest BCUT2D eigenvalue weighted by Crippen LogP contribution is -2.20. The van der Waals surface area contributed by atoms with Crippen molar-refractivity contribution in [3.63, 3.8) is 0 Å². The molecule has 1 aliphatic heterocycles. The molecule has 1 aromatic heterocycles. The molecule has 0 unspecified atom stereocenters. The van der Waals surface area contributed by atoms with Crippen molar-refractivity contribution < 1.29 is 14.3 Å². The number of anilines is 3. The van der Waals surface area contributed by atoms with Crippen molar-refractivity contribution in [2.24, 2.45) is 0 Å². The second-order valence-corrected chi connectivity index (χ2v) is 9.33. The highest BCUT2D eigenvalue weighted by Gasteiger charge is 2.22. The standard InChI is InChI=1S/C27H24Cl2N4O3/c1-35-25-10-17-9-24-22(32-23(17)14-26(25)36-2)7-8-33(24)15-16-3-5-20(6-4-16)30-27(34)31-21-12-18(28)11-19(29)13-21/h3-6,9-14H,7-8,15H2,1-2H3,(H2,30,31,34). The second-order valence-electron chi connectivity index (χ2n) is 8.46. The molecule has 4 aromatic rings. The zero-order valence-electron chi connectivity index (χ0n) is 19.8. The molecule has 3 aromatic carbocycles. The van der Waals surface area contributed by atoms with Gasteiger partial charge in [-0.1, -0.05) is 35.3 Å². The number of amides is 2. The summed E-state index contributed by atoms with van der Waals surface area (Å²) in [6.07, 6.45) is 0.882. The molecule has 0 saturated heterocycles. The largest absolute Gasteiger partial charge is 0.493 e. The van der Waals surface area contributed by atoms with Crippen LogP contribution in [-0.2, 0) is 13.0 Å². The van der Waals surface area contributed by atoms with Gasteiger partial charge < -0.3 is 25.0 Å². The molecule has 184 valence electrons. The van der Waals surface area contributed by atoms with Gasteiger partial charge in [0.05, 0.1) is 31.1 Å². The average Bonchev–Trinajstić information content (AvgIpc) is 3.23. The molecule has 0 fully saturated rings. The Morgan fingerprint density at radius 3 is 2.28 bits per heavy atom. The van der Waals surface area contributed by atoms with Crippen LogP contribution in [0.15, 0.2) is 60.7 Å². The van der Waals surface area contributed by atoms with Gasteiger partial charge in [-0.05, 0) is 48.0 Å². The zero-order chi connectivity index (χ0) is 25.2. The molecule has 0 bridgehead atoms. The number of carbonyl (C=O) groups excluding carboxylic acids is 1. The Morgan fingerprint density at radius 2 is 1.58 bits per heavy atom. The van der Waals surface area contributed by atoms with Crippen molar-refractivity contribution in [3.05, 3.63) is 82.0 Å². The maximum atomic E-state index is 12.4. The minimum absolute atomic E-state index is 0.375. The van der Waals surface area contributed by atoms with Gasteiger partial charge in [0.2, 0.25) is 0 Å². The van der Waals surface area contributed by atoms with Crippen LogP contribution in [0.1, 0.15) is 11.3 Å². The summed E-state index contributed by atoms with van der Waals surface area (Å²) < 4.78 is 10.9. The van der Waals surface area contributed by atoms with Gasteiger partial charge in [-0.2, -0.15) is 0 Å². The Kier molecular flexibility index (Phi) is 6.76. The summed E-state index contributed by atoms with van der Waals surface area (Å²) in [7, 11) is 3.26. The van der Waals surface area contributed by atoms with E-state index in [1.54, 1.807) is 32.4 Å². The normalized spacial score (nSPS) is 12.4. The molecule has 0 saturated carbocycles. The minimum Gasteiger partial charge on any atom is -0.493 e. The number of nitrogens with one attached hydrogen (secondary N) is 2. The topological polar surface area (TPSA) is 75.7 Å². The van der Waals surface area contributed by atoms with E-state index in [0.29, 0.717) is 32.9 Å². The Hall–Kier alpha value is -3.68. The molecular formula is C27H24Cl2N4O3. The highest BCUT2D eigenvalue weighted by molar-refractivity contribution is 6.35. The van der Waals surface area contributed by atoms with Crippen LogP contribution in [-0.4, -0.2) is 31.8 Å². The predicted octanol–water partition coefficient (Wildman–Crippen LogP) is 6.77. The molecule has 1 aliphatic rings. The summed E-state index contributed by atoms with van der Waals surface area (Å²) in [6, 6.07) is 18.3. The Bertz CT molecular complexity index is 1420. The van der Waals surface area contributed by atoms with Crippen molar-refractivity contribution in [2.45, 2.75) is 13.0 Å². The molecule has 2 amide bonds. The molecule has 9 heteroatoms. The van der Waals surface area contributed by atoms with Crippen molar-refractivity contribution in [1.29, 1.82) is 0 Å². The quantitative estimate of drug-likeness (QED) is 0.292. The van der Waals surface area contributed by atoms with E-state index in [-0.39, 0.29) is 6.03 Å². The Labute approximate surface area is 218 Å². The molecule has 0 atom stereocenters. The number of carbonyl (C=O) groups is 1. The summed E-state index contributed by atoms with van der Waals surface area (Å²) in [4.78, 5) is 19.5. The first-order valence-electron chi connectivity index (χ1n) is 11.4. The number of halogens is 2. The predicted molar refractivity (Wildman–Crippen MR) is 145 cm³/mol. The third-order valence-corrected chi connectivity index (χ3v) is 6.48. The van der Waals surface area contributed by atoms with Gasteiger partial charge in [0.15, 0.2) is 11.5 Å². The first kappa shape index (κ1) is 24.0. The maximum Gasteiger partial charge on any atom is 0.323 e.